The third-order valence-corrected chi connectivity index (χ3v) is 7.10. The molecular weight excluding hydrogens is 509 g/mol. The number of aliphatic hydroxyl groups excluding tert-OH is 1. The Morgan fingerprint density at radius 2 is 1.59 bits per heavy atom. The van der Waals surface area contributed by atoms with Crippen LogP contribution in [-0.2, 0) is 24.8 Å². The molecule has 2 N–H and O–H groups in total. The number of rotatable bonds is 7. The van der Waals surface area contributed by atoms with Gasteiger partial charge in [0.2, 0.25) is 0 Å². The third-order valence-electron chi connectivity index (χ3n) is 7.10. The summed E-state index contributed by atoms with van der Waals surface area (Å²) in [6.45, 7) is 0.934. The van der Waals surface area contributed by atoms with Gasteiger partial charge in [0.25, 0.3) is 0 Å². The first-order valence-corrected chi connectivity index (χ1v) is 12.5. The lowest BCUT2D eigenvalue weighted by molar-refractivity contribution is -0.143. The number of aromatic nitrogens is 3. The van der Waals surface area contributed by atoms with E-state index in [0.717, 1.165) is 11.8 Å². The molecule has 4 aromatic rings. The summed E-state index contributed by atoms with van der Waals surface area (Å²) in [5.41, 5.74) is -0.522. The molecule has 2 aromatic heterocycles. The smallest absolute Gasteiger partial charge is 0.392 e. The predicted octanol–water partition coefficient (Wildman–Crippen LogP) is 4.69. The Balaban J connectivity index is 1.29. The second kappa shape index (κ2) is 10.6. The van der Waals surface area contributed by atoms with Crippen LogP contribution in [0.4, 0.5) is 19.0 Å². The van der Waals surface area contributed by atoms with Gasteiger partial charge in [-0.05, 0) is 47.7 Å². The largest absolute Gasteiger partial charge is 0.434 e. The van der Waals surface area contributed by atoms with Crippen molar-refractivity contribution < 1.29 is 28.2 Å². The Labute approximate surface area is 223 Å². The van der Waals surface area contributed by atoms with E-state index in [0.29, 0.717) is 47.6 Å². The van der Waals surface area contributed by atoms with Crippen LogP contribution in [0, 0.1) is 0 Å². The number of ketones is 1. The van der Waals surface area contributed by atoms with Crippen molar-refractivity contribution in [3.8, 4) is 5.69 Å². The Kier molecular flexibility index (Phi) is 7.24. The number of anilines is 1. The number of hydrogen-bond acceptors (Lipinski definition) is 6. The molecule has 2 aromatic carbocycles. The van der Waals surface area contributed by atoms with Crippen LogP contribution < -0.4 is 4.90 Å². The van der Waals surface area contributed by atoms with Gasteiger partial charge in [-0.25, -0.2) is 9.67 Å². The molecule has 3 heterocycles. The molecule has 7 nitrogen and oxygen atoms in total. The highest BCUT2D eigenvalue weighted by Crippen LogP contribution is 2.35. The van der Waals surface area contributed by atoms with Crippen LogP contribution in [0.5, 0.6) is 0 Å². The zero-order valence-electron chi connectivity index (χ0n) is 21.0. The van der Waals surface area contributed by atoms with Gasteiger partial charge in [-0.2, -0.15) is 18.3 Å². The number of Topliss-reactive ketones (excluding diaryl/α,β-unsaturated/α-hetero) is 1. The number of carbonyl (C=O) groups is 1. The first-order chi connectivity index (χ1) is 18.7. The lowest BCUT2D eigenvalue weighted by Crippen LogP contribution is -2.42. The quantitative estimate of drug-likeness (QED) is 0.333. The highest BCUT2D eigenvalue weighted by molar-refractivity contribution is 5.98. The lowest BCUT2D eigenvalue weighted by Gasteiger charge is -2.39. The molecule has 1 aliphatic rings. The van der Waals surface area contributed by atoms with Crippen molar-refractivity contribution in [2.45, 2.75) is 37.6 Å². The van der Waals surface area contributed by atoms with Crippen molar-refractivity contribution in [3.05, 3.63) is 107 Å². The number of alkyl halides is 3. The number of nitrogens with zero attached hydrogens (tertiary/aromatic N) is 4. The van der Waals surface area contributed by atoms with E-state index in [1.54, 1.807) is 12.1 Å². The number of benzene rings is 2. The van der Waals surface area contributed by atoms with Crippen molar-refractivity contribution in [1.82, 2.24) is 14.8 Å². The summed E-state index contributed by atoms with van der Waals surface area (Å²) in [6, 6.07) is 18.8. The zero-order valence-corrected chi connectivity index (χ0v) is 21.0. The van der Waals surface area contributed by atoms with Crippen LogP contribution in [0.2, 0.25) is 0 Å². The predicted molar refractivity (Wildman–Crippen MR) is 139 cm³/mol. The molecule has 202 valence electrons. The van der Waals surface area contributed by atoms with E-state index in [-0.39, 0.29) is 18.7 Å². The van der Waals surface area contributed by atoms with Gasteiger partial charge in [0, 0.05) is 25.7 Å². The SMILES string of the molecule is O=C(Cc1ccc(N2CCC(O)(c3ccccc3)CC2)nc1)c1cnn(-c2ccc(CO)cc2)c1C(F)(F)F. The number of halogens is 3. The van der Waals surface area contributed by atoms with E-state index < -0.39 is 28.8 Å². The minimum absolute atomic E-state index is 0.130. The van der Waals surface area contributed by atoms with Gasteiger partial charge in [-0.15, -0.1) is 0 Å². The van der Waals surface area contributed by atoms with Crippen molar-refractivity contribution >= 4 is 11.6 Å². The molecule has 0 unspecified atom stereocenters. The molecule has 0 aliphatic carbocycles. The summed E-state index contributed by atoms with van der Waals surface area (Å²) in [6.07, 6.45) is -1.57. The van der Waals surface area contributed by atoms with Gasteiger partial charge >= 0.3 is 6.18 Å². The van der Waals surface area contributed by atoms with Gasteiger partial charge < -0.3 is 15.1 Å². The first-order valence-electron chi connectivity index (χ1n) is 12.5. The second-order valence-corrected chi connectivity index (χ2v) is 9.65. The Bertz CT molecular complexity index is 1430. The average molecular weight is 537 g/mol. The van der Waals surface area contributed by atoms with E-state index in [9.17, 15) is 28.2 Å². The molecule has 0 bridgehead atoms. The fourth-order valence-electron chi connectivity index (χ4n) is 4.90. The Hall–Kier alpha value is -4.02. The standard InChI is InChI=1S/C29H27F3N4O3/c30-29(31,32)27-24(18-34-36(27)23-9-6-20(19-37)7-10-23)25(38)16-21-8-11-26(33-17-21)35-14-12-28(39,13-15-35)22-4-2-1-3-5-22/h1-11,17-18,37,39H,12-16,19H2. The minimum Gasteiger partial charge on any atom is -0.392 e. The zero-order chi connectivity index (χ0) is 27.6. The monoisotopic (exact) mass is 536 g/mol. The van der Waals surface area contributed by atoms with Crippen LogP contribution in [0.1, 0.15) is 45.6 Å². The van der Waals surface area contributed by atoms with Gasteiger partial charge in [0.15, 0.2) is 11.5 Å². The van der Waals surface area contributed by atoms with Crippen molar-refractivity contribution in [2.75, 3.05) is 18.0 Å². The molecule has 1 saturated heterocycles. The third kappa shape index (κ3) is 5.57. The molecule has 0 saturated carbocycles. The van der Waals surface area contributed by atoms with E-state index in [2.05, 4.69) is 10.1 Å². The molecule has 0 spiro atoms. The topological polar surface area (TPSA) is 91.5 Å². The summed E-state index contributed by atoms with van der Waals surface area (Å²) in [7, 11) is 0. The fraction of sp³-hybridized carbons (Fsp3) is 0.276. The maximum Gasteiger partial charge on any atom is 0.434 e. The maximum atomic E-state index is 14.0. The summed E-state index contributed by atoms with van der Waals surface area (Å²) in [4.78, 5) is 19.4. The molecule has 0 radical (unpaired) electrons. The van der Waals surface area contributed by atoms with Crippen LogP contribution in [0.25, 0.3) is 5.69 Å². The van der Waals surface area contributed by atoms with Crippen LogP contribution in [0.3, 0.4) is 0 Å². The molecule has 5 rings (SSSR count). The second-order valence-electron chi connectivity index (χ2n) is 9.65. The summed E-state index contributed by atoms with van der Waals surface area (Å²) < 4.78 is 42.7. The first kappa shape index (κ1) is 26.6. The minimum atomic E-state index is -4.81. The lowest BCUT2D eigenvalue weighted by atomic mass is 9.84. The highest BCUT2D eigenvalue weighted by Gasteiger charge is 2.40. The van der Waals surface area contributed by atoms with Crippen molar-refractivity contribution in [1.29, 1.82) is 0 Å². The fourth-order valence-corrected chi connectivity index (χ4v) is 4.90. The summed E-state index contributed by atoms with van der Waals surface area (Å²) in [5, 5.41) is 24.1. The highest BCUT2D eigenvalue weighted by atomic mass is 19.4. The van der Waals surface area contributed by atoms with Crippen LogP contribution in [0.15, 0.2) is 79.1 Å². The van der Waals surface area contributed by atoms with Crippen molar-refractivity contribution in [3.63, 3.8) is 0 Å². The molecular formula is C29H27F3N4O3. The number of carbonyl (C=O) groups excluding carboxylic acids is 1. The maximum absolute atomic E-state index is 14.0. The van der Waals surface area contributed by atoms with E-state index in [1.807, 2.05) is 35.2 Å². The Morgan fingerprint density at radius 1 is 0.923 bits per heavy atom. The van der Waals surface area contributed by atoms with Gasteiger partial charge in [-0.1, -0.05) is 48.5 Å². The normalized spacial score (nSPS) is 15.4. The molecule has 1 fully saturated rings. The van der Waals surface area contributed by atoms with Gasteiger partial charge in [-0.3, -0.25) is 4.79 Å². The summed E-state index contributed by atoms with van der Waals surface area (Å²) >= 11 is 0. The van der Waals surface area contributed by atoms with Crippen LogP contribution >= 0.6 is 0 Å². The van der Waals surface area contributed by atoms with Gasteiger partial charge in [0.05, 0.1) is 29.7 Å². The number of hydrogen-bond donors (Lipinski definition) is 2. The van der Waals surface area contributed by atoms with E-state index in [1.165, 1.54) is 30.5 Å². The molecule has 39 heavy (non-hydrogen) atoms. The Morgan fingerprint density at radius 3 is 2.18 bits per heavy atom. The van der Waals surface area contributed by atoms with E-state index in [4.69, 9.17) is 0 Å². The summed E-state index contributed by atoms with van der Waals surface area (Å²) in [5.74, 6) is -0.0440. The van der Waals surface area contributed by atoms with E-state index >= 15 is 0 Å². The average Bonchev–Trinajstić information content (AvgIpc) is 3.41. The number of aliphatic hydroxyl groups is 2. The van der Waals surface area contributed by atoms with Crippen molar-refractivity contribution in [2.24, 2.45) is 0 Å². The van der Waals surface area contributed by atoms with Gasteiger partial charge in [0.1, 0.15) is 5.82 Å². The molecule has 0 atom stereocenters. The molecule has 10 heteroatoms. The molecule has 0 amide bonds. The molecule has 1 aliphatic heterocycles. The number of piperidine rings is 1. The number of pyridine rings is 1. The van der Waals surface area contributed by atoms with Crippen LogP contribution in [-0.4, -0.2) is 43.9 Å².